The van der Waals surface area contributed by atoms with E-state index in [1.807, 2.05) is 55.5 Å². The van der Waals surface area contributed by atoms with Crippen LogP contribution in [-0.2, 0) is 9.53 Å². The van der Waals surface area contributed by atoms with E-state index in [0.717, 1.165) is 21.5 Å². The topological polar surface area (TPSA) is 90.7 Å². The van der Waals surface area contributed by atoms with Gasteiger partial charge in [0, 0.05) is 6.42 Å². The third-order valence-electron chi connectivity index (χ3n) is 5.07. The Morgan fingerprint density at radius 2 is 1.85 bits per heavy atom. The third-order valence-corrected chi connectivity index (χ3v) is 6.13. The fraction of sp³-hybridized carbons (Fsp3) is 0.240. The summed E-state index contributed by atoms with van der Waals surface area (Å²) < 4.78 is 17.4. The number of nitrogens with one attached hydrogen (secondary N) is 1. The molecule has 1 N–H and O–H groups in total. The highest BCUT2D eigenvalue weighted by atomic mass is 32.1. The molecule has 2 heterocycles. The van der Waals surface area contributed by atoms with Crippen molar-refractivity contribution in [3.8, 4) is 16.3 Å². The zero-order valence-electron chi connectivity index (χ0n) is 18.6. The second-order valence-electron chi connectivity index (χ2n) is 7.53. The minimum Gasteiger partial charge on any atom is -0.494 e. The van der Waals surface area contributed by atoms with Gasteiger partial charge >= 0.3 is 5.97 Å². The average Bonchev–Trinajstić information content (AvgIpc) is 3.37. The summed E-state index contributed by atoms with van der Waals surface area (Å²) in [5.74, 6) is 0.529. The molecule has 7 nitrogen and oxygen atoms in total. The summed E-state index contributed by atoms with van der Waals surface area (Å²) in [7, 11) is 1.31. The first-order valence-corrected chi connectivity index (χ1v) is 11.3. The molecule has 8 heteroatoms. The molecule has 170 valence electrons. The van der Waals surface area contributed by atoms with Crippen LogP contribution in [0.5, 0.6) is 5.75 Å². The number of carbonyl (C=O) groups is 2. The molecule has 1 amide bonds. The maximum Gasteiger partial charge on any atom is 0.342 e. The second-order valence-corrected chi connectivity index (χ2v) is 8.56. The number of ether oxygens (including phenoxy) is 2. The van der Waals surface area contributed by atoms with Gasteiger partial charge in [-0.15, -0.1) is 11.3 Å². The number of esters is 1. The predicted octanol–water partition coefficient (Wildman–Crippen LogP) is 5.76. The van der Waals surface area contributed by atoms with Crippen LogP contribution in [-0.4, -0.2) is 30.6 Å². The number of fused-ring (bicyclic) bond motifs is 1. The molecule has 2 aromatic carbocycles. The maximum absolute atomic E-state index is 12.6. The summed E-state index contributed by atoms with van der Waals surface area (Å²) in [4.78, 5) is 29.7. The quantitative estimate of drug-likeness (QED) is 0.263. The summed E-state index contributed by atoms with van der Waals surface area (Å²) in [6.45, 7) is 4.08. The minimum absolute atomic E-state index is 0.191. The number of thiazole rings is 1. The first-order valence-electron chi connectivity index (χ1n) is 10.5. The first-order chi connectivity index (χ1) is 16.0. The summed E-state index contributed by atoms with van der Waals surface area (Å²) in [5.41, 5.74) is 2.66. The lowest BCUT2D eigenvalue weighted by molar-refractivity contribution is -0.116. The van der Waals surface area contributed by atoms with E-state index in [1.54, 1.807) is 6.92 Å². The highest BCUT2D eigenvalue weighted by molar-refractivity contribution is 7.21. The largest absolute Gasteiger partial charge is 0.494 e. The molecule has 0 saturated heterocycles. The fourth-order valence-electron chi connectivity index (χ4n) is 3.41. The van der Waals surface area contributed by atoms with Gasteiger partial charge in [0.15, 0.2) is 0 Å². The molecule has 0 unspecified atom stereocenters. The first kappa shape index (κ1) is 22.5. The Hall–Kier alpha value is -3.65. The number of carbonyl (C=O) groups excluding carboxylic acids is 2. The van der Waals surface area contributed by atoms with Crippen molar-refractivity contribution >= 4 is 39.3 Å². The van der Waals surface area contributed by atoms with Gasteiger partial charge in [0.05, 0.1) is 29.5 Å². The highest BCUT2D eigenvalue weighted by Gasteiger charge is 2.28. The number of aromatic nitrogens is 1. The Kier molecular flexibility index (Phi) is 6.74. The van der Waals surface area contributed by atoms with E-state index in [4.69, 9.17) is 13.9 Å². The van der Waals surface area contributed by atoms with Gasteiger partial charge in [-0.05, 0) is 44.5 Å². The Morgan fingerprint density at radius 3 is 2.58 bits per heavy atom. The highest BCUT2D eigenvalue weighted by Crippen LogP contribution is 2.40. The lowest BCUT2D eigenvalue weighted by Crippen LogP contribution is -2.13. The van der Waals surface area contributed by atoms with E-state index < -0.39 is 5.97 Å². The Balaban J connectivity index is 1.50. The van der Waals surface area contributed by atoms with Gasteiger partial charge < -0.3 is 13.9 Å². The number of benzene rings is 2. The van der Waals surface area contributed by atoms with Gasteiger partial charge in [-0.25, -0.2) is 9.78 Å². The summed E-state index contributed by atoms with van der Waals surface area (Å²) in [6, 6.07) is 15.4. The number of hydrogen-bond donors (Lipinski definition) is 1. The Morgan fingerprint density at radius 1 is 1.09 bits per heavy atom. The van der Waals surface area contributed by atoms with Crippen LogP contribution in [0.3, 0.4) is 0 Å². The molecule has 33 heavy (non-hydrogen) atoms. The molecule has 4 aromatic rings. The zero-order valence-corrected chi connectivity index (χ0v) is 19.5. The van der Waals surface area contributed by atoms with Crippen molar-refractivity contribution in [1.29, 1.82) is 0 Å². The van der Waals surface area contributed by atoms with Crippen molar-refractivity contribution in [3.05, 3.63) is 65.4 Å². The summed E-state index contributed by atoms with van der Waals surface area (Å²) >= 11 is 1.42. The zero-order chi connectivity index (χ0) is 23.4. The van der Waals surface area contributed by atoms with E-state index in [0.29, 0.717) is 29.4 Å². The monoisotopic (exact) mass is 464 g/mol. The normalized spacial score (nSPS) is 10.9. The van der Waals surface area contributed by atoms with Crippen LogP contribution in [0.15, 0.2) is 52.9 Å². The molecule has 0 radical (unpaired) electrons. The van der Waals surface area contributed by atoms with Gasteiger partial charge in [0.25, 0.3) is 0 Å². The van der Waals surface area contributed by atoms with Gasteiger partial charge in [0.2, 0.25) is 11.8 Å². The van der Waals surface area contributed by atoms with Gasteiger partial charge in [-0.2, -0.15) is 0 Å². The van der Waals surface area contributed by atoms with Crippen LogP contribution in [0.2, 0.25) is 0 Å². The number of nitrogens with zero attached hydrogens (tertiary/aromatic N) is 1. The van der Waals surface area contributed by atoms with Crippen LogP contribution in [0.1, 0.15) is 34.5 Å². The molecule has 0 atom stereocenters. The standard InChI is InChI=1S/C25H24N2O5S/c1-15-10-12-17(13-11-15)31-14-6-9-20(28)27-23-22(21(16(2)32-23)25(29)30-3)24-26-18-7-4-5-8-19(18)33-24/h4-5,7-8,10-13H,6,9,14H2,1-3H3,(H,27,28). The third kappa shape index (κ3) is 5.06. The molecule has 0 aliphatic heterocycles. The van der Waals surface area contributed by atoms with Gasteiger partial charge in [-0.3, -0.25) is 10.1 Å². The molecular formula is C25H24N2O5S. The number of rotatable bonds is 8. The van der Waals surface area contributed by atoms with Crippen LogP contribution in [0.4, 0.5) is 5.88 Å². The molecule has 0 aliphatic rings. The number of anilines is 1. The van der Waals surface area contributed by atoms with Crippen molar-refractivity contribution in [1.82, 2.24) is 4.98 Å². The van der Waals surface area contributed by atoms with E-state index >= 15 is 0 Å². The van der Waals surface area contributed by atoms with Gasteiger partial charge in [-0.1, -0.05) is 29.8 Å². The smallest absolute Gasteiger partial charge is 0.342 e. The number of furan rings is 1. The molecule has 0 bridgehead atoms. The van der Waals surface area contributed by atoms with E-state index in [2.05, 4.69) is 10.3 Å². The lowest BCUT2D eigenvalue weighted by Gasteiger charge is -2.07. The van der Waals surface area contributed by atoms with Crippen LogP contribution in [0, 0.1) is 13.8 Å². The molecule has 0 spiro atoms. The molecule has 0 aliphatic carbocycles. The van der Waals surface area contributed by atoms with Crippen molar-refractivity contribution in [2.45, 2.75) is 26.7 Å². The number of para-hydroxylation sites is 1. The van der Waals surface area contributed by atoms with E-state index in [1.165, 1.54) is 18.4 Å². The van der Waals surface area contributed by atoms with Crippen LogP contribution < -0.4 is 10.1 Å². The number of amides is 1. The predicted molar refractivity (Wildman–Crippen MR) is 128 cm³/mol. The molecule has 0 saturated carbocycles. The molecule has 2 aromatic heterocycles. The van der Waals surface area contributed by atoms with E-state index in [9.17, 15) is 9.59 Å². The SMILES string of the molecule is COC(=O)c1c(C)oc(NC(=O)CCCOc2ccc(C)cc2)c1-c1nc2ccccc2s1. The average molecular weight is 465 g/mol. The molecule has 4 rings (SSSR count). The Labute approximate surface area is 195 Å². The van der Waals surface area contributed by atoms with Crippen molar-refractivity contribution in [2.75, 3.05) is 19.0 Å². The second kappa shape index (κ2) is 9.87. The van der Waals surface area contributed by atoms with Crippen LogP contribution in [0.25, 0.3) is 20.8 Å². The minimum atomic E-state index is -0.544. The van der Waals surface area contributed by atoms with Crippen LogP contribution >= 0.6 is 11.3 Å². The van der Waals surface area contributed by atoms with Crippen molar-refractivity contribution < 1.29 is 23.5 Å². The molecular weight excluding hydrogens is 440 g/mol. The van der Waals surface area contributed by atoms with Crippen molar-refractivity contribution in [2.24, 2.45) is 0 Å². The maximum atomic E-state index is 12.6. The lowest BCUT2D eigenvalue weighted by atomic mass is 10.1. The van der Waals surface area contributed by atoms with Crippen molar-refractivity contribution in [3.63, 3.8) is 0 Å². The van der Waals surface area contributed by atoms with Gasteiger partial charge in [0.1, 0.15) is 22.1 Å². The summed E-state index contributed by atoms with van der Waals surface area (Å²) in [5, 5.41) is 3.37. The number of hydrogen-bond acceptors (Lipinski definition) is 7. The Bertz CT molecular complexity index is 1260. The number of aryl methyl sites for hydroxylation is 2. The molecule has 0 fully saturated rings. The van der Waals surface area contributed by atoms with E-state index in [-0.39, 0.29) is 23.8 Å². The fourth-order valence-corrected chi connectivity index (χ4v) is 4.42. The summed E-state index contributed by atoms with van der Waals surface area (Å²) in [6.07, 6.45) is 0.762. The number of methoxy groups -OCH3 is 1.